The molecule has 1 rings (SSSR count). The Kier molecular flexibility index (Phi) is 5.16. The molecule has 0 amide bonds. The second-order valence-corrected chi connectivity index (χ2v) is 5.30. The number of aliphatic hydroxyl groups excluding tert-OH is 1. The molecule has 80 valence electrons. The van der Waals surface area contributed by atoms with Crippen LogP contribution in [0.2, 0.25) is 0 Å². The van der Waals surface area contributed by atoms with Crippen LogP contribution < -0.4 is 0 Å². The van der Waals surface area contributed by atoms with Crippen LogP contribution in [0.3, 0.4) is 0 Å². The summed E-state index contributed by atoms with van der Waals surface area (Å²) in [6.07, 6.45) is 0. The first-order valence-corrected chi connectivity index (χ1v) is 6.38. The van der Waals surface area contributed by atoms with Gasteiger partial charge in [0, 0.05) is 21.7 Å². The Hall–Kier alpha value is -0.500. The molecule has 1 atom stereocenters. The maximum absolute atomic E-state index is 8.88. The fourth-order valence-electron chi connectivity index (χ4n) is 0.967. The minimum Gasteiger partial charge on any atom is -0.396 e. The molecule has 0 spiro atoms. The highest BCUT2D eigenvalue weighted by Crippen LogP contribution is 2.26. The van der Waals surface area contributed by atoms with Gasteiger partial charge in [-0.2, -0.15) is 5.26 Å². The molecule has 0 aromatic heterocycles. The van der Waals surface area contributed by atoms with Gasteiger partial charge in [0.15, 0.2) is 0 Å². The number of hydrogen-bond acceptors (Lipinski definition) is 3. The van der Waals surface area contributed by atoms with Crippen LogP contribution in [0.4, 0.5) is 0 Å². The van der Waals surface area contributed by atoms with Gasteiger partial charge < -0.3 is 5.11 Å². The lowest BCUT2D eigenvalue weighted by molar-refractivity contribution is 0.250. The number of thioether (sulfide) groups is 1. The summed E-state index contributed by atoms with van der Waals surface area (Å²) < 4.78 is 0.826. The second kappa shape index (κ2) is 6.16. The number of hydrogen-bond donors (Lipinski definition) is 1. The van der Waals surface area contributed by atoms with Gasteiger partial charge in [-0.05, 0) is 40.0 Å². The van der Waals surface area contributed by atoms with Gasteiger partial charge in [0.1, 0.15) is 6.07 Å². The first kappa shape index (κ1) is 12.6. The summed E-state index contributed by atoms with van der Waals surface area (Å²) in [6, 6.07) is 7.77. The molecule has 0 aliphatic rings. The zero-order valence-electron chi connectivity index (χ0n) is 8.40. The van der Waals surface area contributed by atoms with E-state index < -0.39 is 0 Å². The number of rotatable bonds is 4. The maximum atomic E-state index is 8.88. The van der Waals surface area contributed by atoms with E-state index in [9.17, 15) is 0 Å². The van der Waals surface area contributed by atoms with Crippen LogP contribution in [-0.4, -0.2) is 17.5 Å². The first-order chi connectivity index (χ1) is 7.17. The van der Waals surface area contributed by atoms with Gasteiger partial charge in [-0.1, -0.05) is 6.92 Å². The Morgan fingerprint density at radius 2 is 2.33 bits per heavy atom. The van der Waals surface area contributed by atoms with E-state index in [0.717, 1.165) is 15.1 Å². The molecule has 0 fully saturated rings. The van der Waals surface area contributed by atoms with Crippen LogP contribution in [0.25, 0.3) is 0 Å². The molecule has 4 heteroatoms. The lowest BCUT2D eigenvalue weighted by atomic mass is 10.2. The molecule has 1 aromatic carbocycles. The van der Waals surface area contributed by atoms with Crippen LogP contribution in [-0.2, 0) is 0 Å². The fourth-order valence-corrected chi connectivity index (χ4v) is 2.53. The molecule has 1 unspecified atom stereocenters. The Morgan fingerprint density at radius 3 is 2.87 bits per heavy atom. The molecule has 2 nitrogen and oxygen atoms in total. The van der Waals surface area contributed by atoms with Crippen molar-refractivity contribution in [3.05, 3.63) is 28.2 Å². The van der Waals surface area contributed by atoms with Gasteiger partial charge in [0.2, 0.25) is 0 Å². The smallest absolute Gasteiger partial charge is 0.100 e. The monoisotopic (exact) mass is 285 g/mol. The Balaban J connectivity index is 2.64. The highest BCUT2D eigenvalue weighted by Gasteiger charge is 2.04. The minimum atomic E-state index is 0.213. The van der Waals surface area contributed by atoms with E-state index in [1.807, 2.05) is 19.1 Å². The third-order valence-corrected chi connectivity index (χ3v) is 3.89. The largest absolute Gasteiger partial charge is 0.396 e. The number of nitriles is 1. The van der Waals surface area contributed by atoms with Crippen molar-refractivity contribution in [2.24, 2.45) is 5.92 Å². The lowest BCUT2D eigenvalue weighted by Crippen LogP contribution is -2.02. The van der Waals surface area contributed by atoms with E-state index in [1.165, 1.54) is 0 Å². The molecule has 0 heterocycles. The van der Waals surface area contributed by atoms with Crippen LogP contribution in [0, 0.1) is 17.2 Å². The van der Waals surface area contributed by atoms with E-state index in [1.54, 1.807) is 17.8 Å². The van der Waals surface area contributed by atoms with E-state index >= 15 is 0 Å². The number of aliphatic hydroxyl groups is 1. The van der Waals surface area contributed by atoms with Crippen molar-refractivity contribution in [2.75, 3.05) is 12.4 Å². The second-order valence-electron chi connectivity index (χ2n) is 3.35. The van der Waals surface area contributed by atoms with E-state index in [2.05, 4.69) is 22.0 Å². The van der Waals surface area contributed by atoms with Crippen molar-refractivity contribution >= 4 is 27.7 Å². The summed E-state index contributed by atoms with van der Waals surface area (Å²) in [5.41, 5.74) is 0.648. The van der Waals surface area contributed by atoms with Gasteiger partial charge in [-0.3, -0.25) is 0 Å². The lowest BCUT2D eigenvalue weighted by Gasteiger charge is -2.07. The van der Waals surface area contributed by atoms with Gasteiger partial charge in [0.25, 0.3) is 0 Å². The minimum absolute atomic E-state index is 0.213. The number of benzene rings is 1. The van der Waals surface area contributed by atoms with Crippen LogP contribution in [0.1, 0.15) is 12.5 Å². The van der Waals surface area contributed by atoms with Crippen molar-refractivity contribution in [3.8, 4) is 6.07 Å². The zero-order chi connectivity index (χ0) is 11.3. The predicted molar refractivity (Wildman–Crippen MR) is 65.8 cm³/mol. The fraction of sp³-hybridized carbons (Fsp3) is 0.364. The van der Waals surface area contributed by atoms with Crippen molar-refractivity contribution in [1.82, 2.24) is 0 Å². The van der Waals surface area contributed by atoms with Crippen LogP contribution in [0.15, 0.2) is 27.6 Å². The summed E-state index contributed by atoms with van der Waals surface area (Å²) in [5.74, 6) is 1.18. The molecule has 0 bridgehead atoms. The average Bonchev–Trinajstić information content (AvgIpc) is 2.26. The third-order valence-electron chi connectivity index (χ3n) is 1.91. The molecular weight excluding hydrogens is 274 g/mol. The Morgan fingerprint density at radius 1 is 1.60 bits per heavy atom. The Bertz CT molecular complexity index is 375. The zero-order valence-corrected chi connectivity index (χ0v) is 10.8. The SMILES string of the molecule is CC(CO)CSc1ccc(C#N)c(Br)c1. The third kappa shape index (κ3) is 3.86. The van der Waals surface area contributed by atoms with E-state index in [0.29, 0.717) is 11.5 Å². The summed E-state index contributed by atoms with van der Waals surface area (Å²) in [6.45, 7) is 2.22. The summed E-state index contributed by atoms with van der Waals surface area (Å²) in [4.78, 5) is 1.11. The summed E-state index contributed by atoms with van der Waals surface area (Å²) >= 11 is 5.03. The molecule has 0 aliphatic heterocycles. The molecule has 0 saturated carbocycles. The quantitative estimate of drug-likeness (QED) is 0.865. The molecule has 15 heavy (non-hydrogen) atoms. The van der Waals surface area contributed by atoms with E-state index in [-0.39, 0.29) is 6.61 Å². The average molecular weight is 286 g/mol. The molecular formula is C11H12BrNOS. The van der Waals surface area contributed by atoms with Gasteiger partial charge in [0.05, 0.1) is 5.56 Å². The Labute approximate surface area is 102 Å². The topological polar surface area (TPSA) is 44.0 Å². The highest BCUT2D eigenvalue weighted by atomic mass is 79.9. The first-order valence-electron chi connectivity index (χ1n) is 4.60. The standard InChI is InChI=1S/C11H12BrNOS/c1-8(6-14)7-15-10-3-2-9(5-13)11(12)4-10/h2-4,8,14H,6-7H2,1H3. The molecule has 0 saturated heterocycles. The predicted octanol–water partition coefficient (Wildman–Crippen LogP) is 3.04. The molecule has 0 radical (unpaired) electrons. The van der Waals surface area contributed by atoms with E-state index in [4.69, 9.17) is 10.4 Å². The van der Waals surface area contributed by atoms with Gasteiger partial charge >= 0.3 is 0 Å². The molecule has 1 aromatic rings. The van der Waals surface area contributed by atoms with Crippen molar-refractivity contribution < 1.29 is 5.11 Å². The maximum Gasteiger partial charge on any atom is 0.100 e. The van der Waals surface area contributed by atoms with Crippen LogP contribution in [0.5, 0.6) is 0 Å². The molecule has 1 N–H and O–H groups in total. The van der Waals surface area contributed by atoms with Crippen molar-refractivity contribution in [2.45, 2.75) is 11.8 Å². The molecule has 0 aliphatic carbocycles. The highest BCUT2D eigenvalue weighted by molar-refractivity contribution is 9.10. The number of nitrogens with zero attached hydrogens (tertiary/aromatic N) is 1. The van der Waals surface area contributed by atoms with Crippen LogP contribution >= 0.6 is 27.7 Å². The summed E-state index contributed by atoms with van der Waals surface area (Å²) in [5, 5.41) is 17.6. The summed E-state index contributed by atoms with van der Waals surface area (Å²) in [7, 11) is 0. The normalized spacial score (nSPS) is 12.1. The number of halogens is 1. The van der Waals surface area contributed by atoms with Gasteiger partial charge in [-0.25, -0.2) is 0 Å². The van der Waals surface area contributed by atoms with Crippen molar-refractivity contribution in [1.29, 1.82) is 5.26 Å². The van der Waals surface area contributed by atoms with Gasteiger partial charge in [-0.15, -0.1) is 11.8 Å². The van der Waals surface area contributed by atoms with Crippen molar-refractivity contribution in [3.63, 3.8) is 0 Å².